The third kappa shape index (κ3) is 6.83. The average Bonchev–Trinajstić information content (AvgIpc) is 2.84. The fourth-order valence-corrected chi connectivity index (χ4v) is 4.90. The van der Waals surface area contributed by atoms with Crippen LogP contribution in [0.5, 0.6) is 17.2 Å². The van der Waals surface area contributed by atoms with Gasteiger partial charge in [-0.25, -0.2) is 0 Å². The van der Waals surface area contributed by atoms with E-state index in [2.05, 4.69) is 13.8 Å². The number of carbonyl (C=O) groups excluding carboxylic acids is 2. The highest BCUT2D eigenvalue weighted by molar-refractivity contribution is 6.37. The fourth-order valence-electron chi connectivity index (χ4n) is 4.35. The van der Waals surface area contributed by atoms with E-state index in [9.17, 15) is 9.59 Å². The summed E-state index contributed by atoms with van der Waals surface area (Å²) in [6, 6.07) is 8.73. The highest BCUT2D eigenvalue weighted by Crippen LogP contribution is 2.41. The van der Waals surface area contributed by atoms with Crippen LogP contribution in [0.15, 0.2) is 30.3 Å². The fraction of sp³-hybridized carbons (Fsp3) is 0.481. The lowest BCUT2D eigenvalue weighted by molar-refractivity contribution is -0.142. The zero-order valence-electron chi connectivity index (χ0n) is 20.7. The molecule has 1 fully saturated rings. The summed E-state index contributed by atoms with van der Waals surface area (Å²) in [6.07, 6.45) is 4.72. The average molecular weight is 522 g/mol. The number of ether oxygens (including phenoxy) is 3. The van der Waals surface area contributed by atoms with Crippen molar-refractivity contribution < 1.29 is 23.8 Å². The molecule has 0 aromatic heterocycles. The molecule has 0 heterocycles. The maximum absolute atomic E-state index is 13.4. The quantitative estimate of drug-likeness (QED) is 0.321. The second-order valence-corrected chi connectivity index (χ2v) is 9.78. The van der Waals surface area contributed by atoms with Gasteiger partial charge >= 0.3 is 5.97 Å². The number of hydrogen-bond acceptors (Lipinski definition) is 5. The minimum atomic E-state index is -0.483. The van der Waals surface area contributed by atoms with E-state index in [0.29, 0.717) is 11.4 Å². The second kappa shape index (κ2) is 12.5. The number of esters is 1. The predicted octanol–water partition coefficient (Wildman–Crippen LogP) is 7.39. The maximum atomic E-state index is 13.4. The smallest absolute Gasteiger partial charge is 0.326 e. The van der Waals surface area contributed by atoms with Gasteiger partial charge in [-0.1, -0.05) is 56.3 Å². The van der Waals surface area contributed by atoms with Crippen LogP contribution in [-0.4, -0.2) is 32.1 Å². The summed E-state index contributed by atoms with van der Waals surface area (Å²) in [5.41, 5.74) is 1.43. The van der Waals surface area contributed by atoms with Crippen molar-refractivity contribution in [1.29, 1.82) is 0 Å². The molecule has 35 heavy (non-hydrogen) atoms. The van der Waals surface area contributed by atoms with Crippen molar-refractivity contribution in [2.24, 2.45) is 5.92 Å². The summed E-state index contributed by atoms with van der Waals surface area (Å²) < 4.78 is 16.6. The number of nitrogens with zero attached hydrogens (tertiary/aromatic N) is 1. The molecule has 0 unspecified atom stereocenters. The van der Waals surface area contributed by atoms with Crippen molar-refractivity contribution >= 4 is 40.8 Å². The molecule has 3 rings (SSSR count). The Kier molecular flexibility index (Phi) is 9.70. The number of carbonyl (C=O) groups is 2. The zero-order valence-corrected chi connectivity index (χ0v) is 22.2. The molecule has 0 N–H and O–H groups in total. The Labute approximate surface area is 217 Å². The van der Waals surface area contributed by atoms with Gasteiger partial charge in [-0.15, -0.1) is 0 Å². The number of methoxy groups -OCH3 is 1. The first-order chi connectivity index (χ1) is 16.7. The number of anilines is 1. The lowest BCUT2D eigenvalue weighted by atomic mass is 9.88. The van der Waals surface area contributed by atoms with Crippen LogP contribution in [0.1, 0.15) is 64.4 Å². The van der Waals surface area contributed by atoms with Crippen molar-refractivity contribution in [3.8, 4) is 17.2 Å². The van der Waals surface area contributed by atoms with E-state index in [-0.39, 0.29) is 46.7 Å². The highest BCUT2D eigenvalue weighted by Gasteiger charge is 2.30. The van der Waals surface area contributed by atoms with E-state index in [1.807, 2.05) is 12.1 Å². The highest BCUT2D eigenvalue weighted by atomic mass is 35.5. The molecule has 0 bridgehead atoms. The second-order valence-electron chi connectivity index (χ2n) is 8.96. The molecule has 0 spiro atoms. The van der Waals surface area contributed by atoms with E-state index in [0.717, 1.165) is 43.4 Å². The van der Waals surface area contributed by atoms with E-state index < -0.39 is 5.97 Å². The molecular weight excluding hydrogens is 489 g/mol. The standard InChI is InChI=1S/C27H33Cl2NO5/c1-5-34-25(31)16-30(27(32)18-9-7-6-8-10-18)19-13-22(28)26(23(29)14-19)35-20-11-12-24(33-4)21(15-20)17(2)3/h11-15,17-18H,5-10,16H2,1-4H3. The molecule has 1 amide bonds. The Morgan fingerprint density at radius 2 is 1.71 bits per heavy atom. The van der Waals surface area contributed by atoms with E-state index in [4.69, 9.17) is 37.4 Å². The monoisotopic (exact) mass is 521 g/mol. The van der Waals surface area contributed by atoms with Crippen molar-refractivity contribution in [2.45, 2.75) is 58.8 Å². The van der Waals surface area contributed by atoms with Gasteiger partial charge in [-0.3, -0.25) is 9.59 Å². The van der Waals surface area contributed by atoms with E-state index >= 15 is 0 Å². The summed E-state index contributed by atoms with van der Waals surface area (Å²) in [4.78, 5) is 27.1. The first-order valence-corrected chi connectivity index (χ1v) is 12.8. The topological polar surface area (TPSA) is 65.1 Å². The van der Waals surface area contributed by atoms with Crippen LogP contribution in [0.25, 0.3) is 0 Å². The van der Waals surface area contributed by atoms with Gasteiger partial charge in [0.1, 0.15) is 18.0 Å². The van der Waals surface area contributed by atoms with Gasteiger partial charge in [0, 0.05) is 17.2 Å². The summed E-state index contributed by atoms with van der Waals surface area (Å²) in [5, 5.41) is 0.472. The van der Waals surface area contributed by atoms with Crippen LogP contribution in [0, 0.1) is 5.92 Å². The summed E-state index contributed by atoms with van der Waals surface area (Å²) in [5.74, 6) is 1.10. The number of benzene rings is 2. The minimum Gasteiger partial charge on any atom is -0.496 e. The maximum Gasteiger partial charge on any atom is 0.326 e. The molecule has 0 saturated heterocycles. The molecule has 0 radical (unpaired) electrons. The molecule has 0 aliphatic heterocycles. The van der Waals surface area contributed by atoms with Crippen molar-refractivity contribution in [2.75, 3.05) is 25.2 Å². The third-order valence-electron chi connectivity index (χ3n) is 6.15. The van der Waals surface area contributed by atoms with Gasteiger partial charge in [0.05, 0.1) is 23.8 Å². The van der Waals surface area contributed by atoms with Gasteiger partial charge in [-0.05, 0) is 56.0 Å². The van der Waals surface area contributed by atoms with Crippen LogP contribution in [-0.2, 0) is 14.3 Å². The summed E-state index contributed by atoms with van der Waals surface area (Å²) in [6.45, 7) is 5.90. The lowest BCUT2D eigenvalue weighted by Gasteiger charge is -2.29. The SMILES string of the molecule is CCOC(=O)CN(C(=O)C1CCCCC1)c1cc(Cl)c(Oc2ccc(OC)c(C(C)C)c2)c(Cl)c1. The predicted molar refractivity (Wildman–Crippen MR) is 139 cm³/mol. The van der Waals surface area contributed by atoms with Gasteiger partial charge in [0.15, 0.2) is 5.75 Å². The van der Waals surface area contributed by atoms with Crippen LogP contribution in [0.2, 0.25) is 10.0 Å². The van der Waals surface area contributed by atoms with Crippen LogP contribution in [0.3, 0.4) is 0 Å². The molecular formula is C27H33Cl2NO5. The van der Waals surface area contributed by atoms with Crippen LogP contribution >= 0.6 is 23.2 Å². The number of rotatable bonds is 9. The van der Waals surface area contributed by atoms with Gasteiger partial charge in [0.2, 0.25) is 5.91 Å². The van der Waals surface area contributed by atoms with Crippen molar-refractivity contribution in [3.63, 3.8) is 0 Å². The van der Waals surface area contributed by atoms with Gasteiger partial charge in [0.25, 0.3) is 0 Å². The van der Waals surface area contributed by atoms with Crippen molar-refractivity contribution in [3.05, 3.63) is 45.9 Å². The number of amides is 1. The van der Waals surface area contributed by atoms with E-state index in [1.165, 1.54) is 4.90 Å². The molecule has 8 heteroatoms. The molecule has 190 valence electrons. The van der Waals surface area contributed by atoms with Gasteiger partial charge in [-0.2, -0.15) is 0 Å². The molecule has 2 aromatic carbocycles. The minimum absolute atomic E-state index is 0.115. The Hall–Kier alpha value is -2.44. The molecule has 1 saturated carbocycles. The number of hydrogen-bond donors (Lipinski definition) is 0. The molecule has 6 nitrogen and oxygen atoms in total. The molecule has 1 aliphatic rings. The Morgan fingerprint density at radius 1 is 1.06 bits per heavy atom. The van der Waals surface area contributed by atoms with E-state index in [1.54, 1.807) is 32.2 Å². The largest absolute Gasteiger partial charge is 0.496 e. The Balaban J connectivity index is 1.92. The zero-order chi connectivity index (χ0) is 25.5. The summed E-state index contributed by atoms with van der Waals surface area (Å²) in [7, 11) is 1.63. The van der Waals surface area contributed by atoms with Gasteiger partial charge < -0.3 is 19.1 Å². The van der Waals surface area contributed by atoms with Crippen LogP contribution < -0.4 is 14.4 Å². The first kappa shape index (κ1) is 27.2. The van der Waals surface area contributed by atoms with Crippen LogP contribution in [0.4, 0.5) is 5.69 Å². The third-order valence-corrected chi connectivity index (χ3v) is 6.71. The molecule has 2 aromatic rings. The normalized spacial score (nSPS) is 14.0. The summed E-state index contributed by atoms with van der Waals surface area (Å²) >= 11 is 13.2. The number of halogens is 2. The molecule has 1 aliphatic carbocycles. The van der Waals surface area contributed by atoms with Crippen molar-refractivity contribution in [1.82, 2.24) is 0 Å². The Bertz CT molecular complexity index is 1030. The molecule has 0 atom stereocenters. The first-order valence-electron chi connectivity index (χ1n) is 12.1. The Morgan fingerprint density at radius 3 is 2.29 bits per heavy atom. The lowest BCUT2D eigenvalue weighted by Crippen LogP contribution is -2.41.